The summed E-state index contributed by atoms with van der Waals surface area (Å²) in [4.78, 5) is 42.4. The number of aromatic amines is 1. The van der Waals surface area contributed by atoms with Crippen LogP contribution in [0, 0.1) is 0 Å². The predicted molar refractivity (Wildman–Crippen MR) is 120 cm³/mol. The van der Waals surface area contributed by atoms with E-state index in [1.54, 1.807) is 0 Å². The number of carbonyl (C=O) groups excluding carboxylic acids is 1. The molecule has 4 aromatic rings. The number of carbonyl (C=O) groups is 1. The molecule has 0 saturated carbocycles. The second-order valence-corrected chi connectivity index (χ2v) is 7.36. The van der Waals surface area contributed by atoms with Crippen LogP contribution in [0.15, 0.2) is 88.7 Å². The van der Waals surface area contributed by atoms with E-state index in [4.69, 9.17) is 11.6 Å². The topological polar surface area (TPSA) is 110 Å². The third-order valence-corrected chi connectivity index (χ3v) is 5.19. The first-order valence-corrected chi connectivity index (χ1v) is 10.1. The van der Waals surface area contributed by atoms with Crippen LogP contribution in [0.25, 0.3) is 5.82 Å². The van der Waals surface area contributed by atoms with E-state index in [1.807, 2.05) is 60.7 Å². The molecule has 32 heavy (non-hydrogen) atoms. The van der Waals surface area contributed by atoms with Gasteiger partial charge in [0.2, 0.25) is 0 Å². The van der Waals surface area contributed by atoms with Crippen LogP contribution in [0.1, 0.15) is 27.4 Å². The summed E-state index contributed by atoms with van der Waals surface area (Å²) in [5.41, 5.74) is 0.850. The van der Waals surface area contributed by atoms with Gasteiger partial charge >= 0.3 is 5.69 Å². The first kappa shape index (κ1) is 21.2. The Labute approximate surface area is 187 Å². The Kier molecular flexibility index (Phi) is 6.23. The largest absolute Gasteiger partial charge is 0.351 e. The second-order valence-electron chi connectivity index (χ2n) is 6.96. The van der Waals surface area contributed by atoms with Crippen LogP contribution in [-0.2, 0) is 0 Å². The zero-order chi connectivity index (χ0) is 22.5. The first-order valence-electron chi connectivity index (χ1n) is 9.75. The van der Waals surface area contributed by atoms with E-state index in [-0.39, 0.29) is 22.3 Å². The number of H-pyrrole nitrogens is 1. The SMILES string of the molecule is O=C(NCC(c1ccccc1)c1ccccc1)c1cc(-n2ncc(=O)[nH]c2=O)ncc1Cl. The number of benzene rings is 2. The number of nitrogens with zero attached hydrogens (tertiary/aromatic N) is 3. The molecule has 9 heteroatoms. The quantitative estimate of drug-likeness (QED) is 0.472. The Balaban J connectivity index is 1.60. The number of halogens is 1. The molecule has 2 aromatic heterocycles. The van der Waals surface area contributed by atoms with Crippen LogP contribution in [0.2, 0.25) is 5.02 Å². The summed E-state index contributed by atoms with van der Waals surface area (Å²) in [6.45, 7) is 0.331. The van der Waals surface area contributed by atoms with E-state index in [1.165, 1.54) is 12.3 Å². The van der Waals surface area contributed by atoms with Crippen molar-refractivity contribution in [2.45, 2.75) is 5.92 Å². The van der Waals surface area contributed by atoms with Crippen molar-refractivity contribution in [2.24, 2.45) is 0 Å². The molecule has 8 nitrogen and oxygen atoms in total. The van der Waals surface area contributed by atoms with E-state index in [0.717, 1.165) is 22.0 Å². The average molecular weight is 448 g/mol. The molecular formula is C23H18ClN5O3. The van der Waals surface area contributed by atoms with Gasteiger partial charge in [-0.05, 0) is 17.2 Å². The molecular weight excluding hydrogens is 430 g/mol. The van der Waals surface area contributed by atoms with Crippen molar-refractivity contribution >= 4 is 17.5 Å². The summed E-state index contributed by atoms with van der Waals surface area (Å²) in [6.07, 6.45) is 2.21. The number of pyridine rings is 1. The number of rotatable bonds is 6. The fourth-order valence-corrected chi connectivity index (χ4v) is 3.51. The minimum absolute atomic E-state index is 0.0588. The Morgan fingerprint density at radius 2 is 1.62 bits per heavy atom. The van der Waals surface area contributed by atoms with Gasteiger partial charge in [-0.1, -0.05) is 72.3 Å². The molecule has 0 spiro atoms. The fourth-order valence-electron chi connectivity index (χ4n) is 3.32. The highest BCUT2D eigenvalue weighted by Gasteiger charge is 2.18. The zero-order valence-corrected chi connectivity index (χ0v) is 17.5. The molecule has 0 fully saturated rings. The fraction of sp³-hybridized carbons (Fsp3) is 0.0870. The van der Waals surface area contributed by atoms with Gasteiger partial charge in [-0.3, -0.25) is 14.6 Å². The second kappa shape index (κ2) is 9.40. The summed E-state index contributed by atoms with van der Waals surface area (Å²) >= 11 is 6.20. The normalized spacial score (nSPS) is 10.8. The molecule has 0 saturated heterocycles. The van der Waals surface area contributed by atoms with Gasteiger partial charge in [-0.2, -0.15) is 9.78 Å². The Hall–Kier alpha value is -4.04. The number of hydrogen-bond donors (Lipinski definition) is 2. The molecule has 0 unspecified atom stereocenters. The van der Waals surface area contributed by atoms with Crippen molar-refractivity contribution < 1.29 is 4.79 Å². The molecule has 160 valence electrons. The van der Waals surface area contributed by atoms with Crippen LogP contribution in [0.3, 0.4) is 0 Å². The molecule has 0 aliphatic rings. The molecule has 4 rings (SSSR count). The minimum atomic E-state index is -0.771. The van der Waals surface area contributed by atoms with Crippen LogP contribution in [0.5, 0.6) is 0 Å². The standard InChI is InChI=1S/C23H18ClN5O3/c24-19-13-25-20(29-23(32)28-21(30)14-27-29)11-17(19)22(31)26-12-18(15-7-3-1-4-8-15)16-9-5-2-6-10-16/h1-11,13-14,18H,12H2,(H,26,31)(H,28,30,32). The van der Waals surface area contributed by atoms with Crippen LogP contribution in [0.4, 0.5) is 0 Å². The van der Waals surface area contributed by atoms with Crippen molar-refractivity contribution in [3.8, 4) is 5.82 Å². The molecule has 0 radical (unpaired) electrons. The highest BCUT2D eigenvalue weighted by atomic mass is 35.5. The minimum Gasteiger partial charge on any atom is -0.351 e. The van der Waals surface area contributed by atoms with E-state index >= 15 is 0 Å². The lowest BCUT2D eigenvalue weighted by Crippen LogP contribution is -2.32. The lowest BCUT2D eigenvalue weighted by molar-refractivity contribution is 0.0952. The lowest BCUT2D eigenvalue weighted by atomic mass is 9.91. The van der Waals surface area contributed by atoms with Crippen molar-refractivity contribution in [1.29, 1.82) is 0 Å². The van der Waals surface area contributed by atoms with Crippen LogP contribution < -0.4 is 16.6 Å². The molecule has 0 aliphatic carbocycles. The summed E-state index contributed by atoms with van der Waals surface area (Å²) in [6, 6.07) is 21.1. The smallest absolute Gasteiger partial charge is 0.351 e. The average Bonchev–Trinajstić information content (AvgIpc) is 2.81. The number of amides is 1. The monoisotopic (exact) mass is 447 g/mol. The molecule has 0 bridgehead atoms. The van der Waals surface area contributed by atoms with Gasteiger partial charge in [0.15, 0.2) is 5.82 Å². The molecule has 0 aliphatic heterocycles. The van der Waals surface area contributed by atoms with Gasteiger partial charge in [-0.25, -0.2) is 9.78 Å². The van der Waals surface area contributed by atoms with Gasteiger partial charge < -0.3 is 5.32 Å². The highest BCUT2D eigenvalue weighted by molar-refractivity contribution is 6.33. The molecule has 2 aromatic carbocycles. The Morgan fingerprint density at radius 3 is 2.22 bits per heavy atom. The van der Waals surface area contributed by atoms with Crippen molar-refractivity contribution in [3.63, 3.8) is 0 Å². The Morgan fingerprint density at radius 1 is 1.00 bits per heavy atom. The molecule has 1 amide bonds. The van der Waals surface area contributed by atoms with Gasteiger partial charge in [-0.15, -0.1) is 0 Å². The van der Waals surface area contributed by atoms with Crippen LogP contribution >= 0.6 is 11.6 Å². The van der Waals surface area contributed by atoms with E-state index < -0.39 is 17.2 Å². The summed E-state index contributed by atoms with van der Waals surface area (Å²) in [7, 11) is 0. The van der Waals surface area contributed by atoms with Gasteiger partial charge in [0.1, 0.15) is 6.20 Å². The van der Waals surface area contributed by atoms with Crippen LogP contribution in [-0.4, -0.2) is 32.2 Å². The summed E-state index contributed by atoms with van der Waals surface area (Å²) in [5.74, 6) is -0.429. The third kappa shape index (κ3) is 4.65. The van der Waals surface area contributed by atoms with Gasteiger partial charge in [0, 0.05) is 18.7 Å². The van der Waals surface area contributed by atoms with E-state index in [9.17, 15) is 14.4 Å². The maximum Gasteiger partial charge on any atom is 0.351 e. The highest BCUT2D eigenvalue weighted by Crippen LogP contribution is 2.24. The molecule has 2 N–H and O–H groups in total. The summed E-state index contributed by atoms with van der Waals surface area (Å²) < 4.78 is 0.880. The predicted octanol–water partition coefficient (Wildman–Crippen LogP) is 2.53. The van der Waals surface area contributed by atoms with E-state index in [2.05, 4.69) is 20.4 Å². The lowest BCUT2D eigenvalue weighted by Gasteiger charge is -2.19. The first-order chi connectivity index (χ1) is 15.5. The Bertz CT molecular complexity index is 1310. The van der Waals surface area contributed by atoms with Crippen molar-refractivity contribution in [2.75, 3.05) is 6.54 Å². The van der Waals surface area contributed by atoms with E-state index in [0.29, 0.717) is 6.54 Å². The maximum absolute atomic E-state index is 13.0. The van der Waals surface area contributed by atoms with Gasteiger partial charge in [0.05, 0.1) is 10.6 Å². The maximum atomic E-state index is 13.0. The number of aromatic nitrogens is 4. The number of hydrogen-bond acceptors (Lipinski definition) is 5. The summed E-state index contributed by atoms with van der Waals surface area (Å²) in [5, 5.41) is 6.80. The van der Waals surface area contributed by atoms with Crippen molar-refractivity contribution in [1.82, 2.24) is 25.1 Å². The molecule has 0 atom stereocenters. The van der Waals surface area contributed by atoms with Gasteiger partial charge in [0.25, 0.3) is 11.5 Å². The number of nitrogens with one attached hydrogen (secondary N) is 2. The third-order valence-electron chi connectivity index (χ3n) is 4.89. The molecule has 2 heterocycles. The van der Waals surface area contributed by atoms with Crippen molar-refractivity contribution in [3.05, 3.63) is 122 Å². The zero-order valence-electron chi connectivity index (χ0n) is 16.7.